The second-order valence-corrected chi connectivity index (χ2v) is 9.22. The summed E-state index contributed by atoms with van der Waals surface area (Å²) in [6.07, 6.45) is 2.33. The van der Waals surface area contributed by atoms with Gasteiger partial charge in [-0.1, -0.05) is 0 Å². The van der Waals surface area contributed by atoms with Crippen molar-refractivity contribution < 1.29 is 9.59 Å². The van der Waals surface area contributed by atoms with Crippen LogP contribution in [0.5, 0.6) is 0 Å². The molecule has 3 N–H and O–H groups in total. The van der Waals surface area contributed by atoms with Crippen LogP contribution in [0.25, 0.3) is 0 Å². The molecule has 5 nitrogen and oxygen atoms in total. The average molecular weight is 355 g/mol. The number of carbonyl (C=O) groups is 2. The second-order valence-electron chi connectivity index (χ2n) is 9.22. The predicted octanol–water partition coefficient (Wildman–Crippen LogP) is 2.71. The molecule has 2 unspecified atom stereocenters. The number of hydrogen-bond acceptors (Lipinski definition) is 4. The van der Waals surface area contributed by atoms with Gasteiger partial charge in [0.15, 0.2) is 5.78 Å². The zero-order chi connectivity index (χ0) is 18.9. The van der Waals surface area contributed by atoms with Gasteiger partial charge in [-0.25, -0.2) is 0 Å². The van der Waals surface area contributed by atoms with Crippen LogP contribution in [0.4, 0.5) is 5.69 Å². The van der Waals surface area contributed by atoms with E-state index in [1.54, 1.807) is 18.2 Å². The van der Waals surface area contributed by atoms with E-state index in [9.17, 15) is 9.59 Å². The molecule has 26 heavy (non-hydrogen) atoms. The van der Waals surface area contributed by atoms with E-state index in [2.05, 4.69) is 31.0 Å². The number of rotatable bonds is 3. The third-order valence-corrected chi connectivity index (χ3v) is 7.58. The van der Waals surface area contributed by atoms with Crippen LogP contribution < -0.4 is 11.1 Å². The zero-order valence-electron chi connectivity index (χ0n) is 16.1. The number of benzene rings is 1. The molecule has 1 aromatic rings. The fraction of sp³-hybridized carbons (Fsp3) is 0.619. The molecule has 5 heteroatoms. The monoisotopic (exact) mass is 355 g/mol. The van der Waals surface area contributed by atoms with Crippen LogP contribution in [0, 0.1) is 17.8 Å². The summed E-state index contributed by atoms with van der Waals surface area (Å²) in [5, 5.41) is 3.34. The molecule has 3 aliphatic heterocycles. The summed E-state index contributed by atoms with van der Waals surface area (Å²) in [7, 11) is 0. The molecule has 3 saturated heterocycles. The zero-order valence-corrected chi connectivity index (χ0v) is 16.1. The first-order valence-electron chi connectivity index (χ1n) is 9.61. The number of ketones is 1. The van der Waals surface area contributed by atoms with Crippen LogP contribution >= 0.6 is 0 Å². The highest BCUT2D eigenvalue weighted by Gasteiger charge is 2.60. The fourth-order valence-corrected chi connectivity index (χ4v) is 5.61. The van der Waals surface area contributed by atoms with Crippen molar-refractivity contribution in [1.82, 2.24) is 10.2 Å². The first-order chi connectivity index (χ1) is 12.1. The first-order valence-corrected chi connectivity index (χ1v) is 9.61. The van der Waals surface area contributed by atoms with E-state index in [1.165, 1.54) is 6.92 Å². The summed E-state index contributed by atoms with van der Waals surface area (Å²) in [6.45, 7) is 10.5. The minimum absolute atomic E-state index is 0.134. The van der Waals surface area contributed by atoms with E-state index in [0.29, 0.717) is 34.6 Å². The molecular formula is C21H29N3O2. The summed E-state index contributed by atoms with van der Waals surface area (Å²) in [4.78, 5) is 27.7. The molecule has 0 aromatic heterocycles. The Bertz CT molecular complexity index is 751. The van der Waals surface area contributed by atoms with Crippen molar-refractivity contribution in [3.8, 4) is 0 Å². The molecule has 5 rings (SSSR count). The summed E-state index contributed by atoms with van der Waals surface area (Å²) in [5.41, 5.74) is 7.21. The van der Waals surface area contributed by atoms with Gasteiger partial charge in [-0.3, -0.25) is 14.5 Å². The Kier molecular flexibility index (Phi) is 3.75. The van der Waals surface area contributed by atoms with Crippen LogP contribution in [0.2, 0.25) is 0 Å². The van der Waals surface area contributed by atoms with Crippen molar-refractivity contribution in [3.05, 3.63) is 29.3 Å². The molecule has 0 spiro atoms. The maximum absolute atomic E-state index is 13.1. The van der Waals surface area contributed by atoms with Crippen molar-refractivity contribution in [2.75, 3.05) is 18.8 Å². The Morgan fingerprint density at radius 1 is 1.08 bits per heavy atom. The van der Waals surface area contributed by atoms with Crippen LogP contribution in [-0.2, 0) is 0 Å². The number of Topliss-reactive ketones (excluding diaryl/α,β-unsaturated/α-hetero) is 1. The summed E-state index contributed by atoms with van der Waals surface area (Å²) >= 11 is 0. The van der Waals surface area contributed by atoms with E-state index in [-0.39, 0.29) is 22.8 Å². The van der Waals surface area contributed by atoms with Gasteiger partial charge in [0.1, 0.15) is 0 Å². The number of amides is 1. The van der Waals surface area contributed by atoms with Gasteiger partial charge < -0.3 is 11.1 Å². The minimum atomic E-state index is -0.212. The van der Waals surface area contributed by atoms with Gasteiger partial charge in [0.25, 0.3) is 5.91 Å². The Labute approximate surface area is 155 Å². The summed E-state index contributed by atoms with van der Waals surface area (Å²) < 4.78 is 0. The van der Waals surface area contributed by atoms with Gasteiger partial charge in [0.2, 0.25) is 0 Å². The van der Waals surface area contributed by atoms with Crippen LogP contribution in [0.15, 0.2) is 18.2 Å². The van der Waals surface area contributed by atoms with Crippen molar-refractivity contribution in [2.24, 2.45) is 17.8 Å². The first kappa shape index (κ1) is 17.5. The fourth-order valence-electron chi connectivity index (χ4n) is 5.61. The minimum Gasteiger partial charge on any atom is -0.399 e. The summed E-state index contributed by atoms with van der Waals surface area (Å²) in [5.74, 6) is 1.34. The molecule has 4 fully saturated rings. The maximum Gasteiger partial charge on any atom is 0.252 e. The highest BCUT2D eigenvalue weighted by Crippen LogP contribution is 2.55. The lowest BCUT2D eigenvalue weighted by Gasteiger charge is -2.67. The number of anilines is 1. The third kappa shape index (κ3) is 2.40. The number of hydrogen-bond donors (Lipinski definition) is 2. The topological polar surface area (TPSA) is 75.4 Å². The lowest BCUT2D eigenvalue weighted by atomic mass is 9.53. The van der Waals surface area contributed by atoms with E-state index >= 15 is 0 Å². The average Bonchev–Trinajstić information content (AvgIpc) is 2.52. The van der Waals surface area contributed by atoms with Gasteiger partial charge in [-0.2, -0.15) is 0 Å². The number of nitrogens with one attached hydrogen (secondary N) is 1. The molecule has 140 valence electrons. The Balaban J connectivity index is 1.61. The number of nitrogen functional groups attached to an aromatic ring is 1. The van der Waals surface area contributed by atoms with Crippen molar-refractivity contribution >= 4 is 17.4 Å². The molecule has 2 atom stereocenters. The molecule has 4 aliphatic rings. The standard InChI is InChI=1S/C21H29N3O2/c1-12(25)18-9-16(22)5-6-17(18)19(26)23-21(4)14-7-13-8-15(21)11-24(10-14)20(13,2)3/h5-6,9,13-15H,7-8,10-11,22H2,1-4H3,(H,23,26). The third-order valence-electron chi connectivity index (χ3n) is 7.58. The lowest BCUT2D eigenvalue weighted by Crippen LogP contribution is -2.75. The number of nitrogens with zero attached hydrogens (tertiary/aromatic N) is 1. The van der Waals surface area contributed by atoms with Crippen LogP contribution in [0.1, 0.15) is 61.3 Å². The number of piperidine rings is 3. The van der Waals surface area contributed by atoms with Gasteiger partial charge in [-0.05, 0) is 76.5 Å². The van der Waals surface area contributed by atoms with Gasteiger partial charge in [0, 0.05) is 35.4 Å². The van der Waals surface area contributed by atoms with Gasteiger partial charge in [-0.15, -0.1) is 0 Å². The quantitative estimate of drug-likeness (QED) is 0.646. The van der Waals surface area contributed by atoms with Crippen LogP contribution in [0.3, 0.4) is 0 Å². The normalized spacial score (nSPS) is 36.8. The molecular weight excluding hydrogens is 326 g/mol. The van der Waals surface area contributed by atoms with E-state index < -0.39 is 0 Å². The molecule has 0 radical (unpaired) electrons. The Hall–Kier alpha value is -1.88. The molecule has 1 amide bonds. The number of nitrogens with two attached hydrogens (primary N) is 1. The summed E-state index contributed by atoms with van der Waals surface area (Å²) in [6, 6.07) is 4.97. The largest absolute Gasteiger partial charge is 0.399 e. The Morgan fingerprint density at radius 3 is 2.23 bits per heavy atom. The van der Waals surface area contributed by atoms with Crippen LogP contribution in [-0.4, -0.2) is 40.8 Å². The van der Waals surface area contributed by atoms with E-state index in [1.807, 2.05) is 0 Å². The highest BCUT2D eigenvalue weighted by atomic mass is 16.2. The molecule has 3 heterocycles. The van der Waals surface area contributed by atoms with Gasteiger partial charge >= 0.3 is 0 Å². The predicted molar refractivity (Wildman–Crippen MR) is 102 cm³/mol. The SMILES string of the molecule is CC(=O)c1cc(N)ccc1C(=O)NC1(C)C2CC3CC1CN(C2)C3(C)C. The lowest BCUT2D eigenvalue weighted by molar-refractivity contribution is -0.151. The Morgan fingerprint density at radius 2 is 1.69 bits per heavy atom. The maximum atomic E-state index is 13.1. The van der Waals surface area contributed by atoms with Crippen molar-refractivity contribution in [3.63, 3.8) is 0 Å². The molecule has 1 aromatic carbocycles. The van der Waals surface area contributed by atoms with E-state index in [4.69, 9.17) is 5.73 Å². The van der Waals surface area contributed by atoms with Gasteiger partial charge in [0.05, 0.1) is 5.56 Å². The molecule has 4 bridgehead atoms. The second kappa shape index (κ2) is 5.56. The van der Waals surface area contributed by atoms with Crippen molar-refractivity contribution in [2.45, 2.75) is 51.6 Å². The highest BCUT2D eigenvalue weighted by molar-refractivity contribution is 6.08. The van der Waals surface area contributed by atoms with Crippen molar-refractivity contribution in [1.29, 1.82) is 0 Å². The molecule has 1 saturated carbocycles. The molecule has 1 aliphatic carbocycles. The van der Waals surface area contributed by atoms with E-state index in [0.717, 1.165) is 25.9 Å². The number of carbonyl (C=O) groups excluding carboxylic acids is 2. The smallest absolute Gasteiger partial charge is 0.252 e.